The predicted molar refractivity (Wildman–Crippen MR) is 185 cm³/mol. The summed E-state index contributed by atoms with van der Waals surface area (Å²) in [5.41, 5.74) is 1.57. The van der Waals surface area contributed by atoms with Gasteiger partial charge in [-0.1, -0.05) is 45.4 Å². The van der Waals surface area contributed by atoms with Crippen LogP contribution in [0, 0.1) is 5.41 Å². The summed E-state index contributed by atoms with van der Waals surface area (Å²) in [5.74, 6) is -0.00335. The van der Waals surface area contributed by atoms with Gasteiger partial charge in [0, 0.05) is 29.1 Å². The molecule has 1 aromatic carbocycles. The lowest BCUT2D eigenvalue weighted by Crippen LogP contribution is -2.50. The zero-order valence-electron chi connectivity index (χ0n) is 28.3. The summed E-state index contributed by atoms with van der Waals surface area (Å²) in [4.78, 5) is 25.5. The molecule has 11 nitrogen and oxygen atoms in total. The molecule has 1 amide bonds. The SMILES string of the molecule is CCC(=CC=C(C)CCl)C1(Nc2nc(Nc3ccc(C(=O)NCC(C)(C)C(O)NS(=O)C4(CC)CC4)cc3)nc(OCC(F)(F)F)n2)CC1. The topological polar surface area (TPSA) is 150 Å². The number of halogens is 4. The van der Waals surface area contributed by atoms with E-state index in [2.05, 4.69) is 35.6 Å². The third kappa shape index (κ3) is 10.6. The predicted octanol–water partition coefficient (Wildman–Crippen LogP) is 6.29. The normalized spacial score (nSPS) is 18.3. The largest absolute Gasteiger partial charge is 0.454 e. The molecule has 0 saturated heterocycles. The lowest BCUT2D eigenvalue weighted by atomic mass is 9.91. The minimum absolute atomic E-state index is 0.0469. The Labute approximate surface area is 292 Å². The average molecular weight is 728 g/mol. The van der Waals surface area contributed by atoms with Crippen LogP contribution < -0.4 is 25.4 Å². The Morgan fingerprint density at radius 3 is 2.29 bits per heavy atom. The molecule has 0 aliphatic heterocycles. The first-order valence-electron chi connectivity index (χ1n) is 16.2. The highest BCUT2D eigenvalue weighted by Crippen LogP contribution is 2.46. The van der Waals surface area contributed by atoms with Crippen LogP contribution in [-0.4, -0.2) is 71.9 Å². The lowest BCUT2D eigenvalue weighted by Gasteiger charge is -2.32. The second-order valence-electron chi connectivity index (χ2n) is 13.3. The van der Waals surface area contributed by atoms with Gasteiger partial charge in [0.1, 0.15) is 17.2 Å². The summed E-state index contributed by atoms with van der Waals surface area (Å²) in [6, 6.07) is 5.80. The van der Waals surface area contributed by atoms with Crippen LogP contribution in [0.3, 0.4) is 0 Å². The van der Waals surface area contributed by atoms with Crippen LogP contribution in [0.15, 0.2) is 47.6 Å². The summed E-state index contributed by atoms with van der Waals surface area (Å²) in [5, 5.41) is 19.7. The van der Waals surface area contributed by atoms with E-state index in [0.717, 1.165) is 49.7 Å². The van der Waals surface area contributed by atoms with Gasteiger partial charge in [-0.05, 0) is 75.3 Å². The second-order valence-corrected chi connectivity index (χ2v) is 15.2. The Morgan fingerprint density at radius 1 is 1.08 bits per heavy atom. The Kier molecular flexibility index (Phi) is 12.4. The molecule has 1 heterocycles. The molecular formula is C33H45ClF3N7O4S. The number of alkyl halides is 4. The van der Waals surface area contributed by atoms with E-state index in [1.165, 1.54) is 0 Å². The molecular weight excluding hydrogens is 683 g/mol. The molecule has 270 valence electrons. The summed E-state index contributed by atoms with van der Waals surface area (Å²) in [7, 11) is -1.39. The van der Waals surface area contributed by atoms with Crippen LogP contribution in [0.1, 0.15) is 83.5 Å². The highest BCUT2D eigenvalue weighted by Gasteiger charge is 2.48. The number of nitrogens with one attached hydrogen (secondary N) is 4. The molecule has 49 heavy (non-hydrogen) atoms. The molecule has 2 unspecified atom stereocenters. The van der Waals surface area contributed by atoms with E-state index in [4.69, 9.17) is 16.3 Å². The highest BCUT2D eigenvalue weighted by atomic mass is 35.5. The van der Waals surface area contributed by atoms with E-state index >= 15 is 0 Å². The third-order valence-electron chi connectivity index (χ3n) is 8.77. The lowest BCUT2D eigenvalue weighted by molar-refractivity contribution is -0.154. The first-order chi connectivity index (χ1) is 23.0. The third-order valence-corrected chi connectivity index (χ3v) is 11.1. The van der Waals surface area contributed by atoms with Gasteiger partial charge in [0.2, 0.25) is 11.9 Å². The number of hydrogen-bond donors (Lipinski definition) is 5. The Morgan fingerprint density at radius 2 is 1.73 bits per heavy atom. The molecule has 0 spiro atoms. The monoisotopic (exact) mass is 727 g/mol. The first-order valence-corrected chi connectivity index (χ1v) is 17.9. The fourth-order valence-electron chi connectivity index (χ4n) is 4.98. The van der Waals surface area contributed by atoms with Gasteiger partial charge in [0.15, 0.2) is 6.61 Å². The van der Waals surface area contributed by atoms with E-state index < -0.39 is 47.0 Å². The molecule has 2 aliphatic rings. The second kappa shape index (κ2) is 15.7. The van der Waals surface area contributed by atoms with Crippen molar-refractivity contribution in [2.24, 2.45) is 5.41 Å². The number of ether oxygens (including phenoxy) is 1. The number of aliphatic hydroxyl groups is 1. The van der Waals surface area contributed by atoms with Gasteiger partial charge >= 0.3 is 12.2 Å². The molecule has 2 aromatic rings. The molecule has 0 bridgehead atoms. The van der Waals surface area contributed by atoms with Gasteiger partial charge in [-0.2, -0.15) is 28.1 Å². The average Bonchev–Trinajstić information content (AvgIpc) is 4.00. The number of aliphatic hydroxyl groups excluding tert-OH is 1. The van der Waals surface area contributed by atoms with Crippen molar-refractivity contribution in [3.05, 3.63) is 53.1 Å². The van der Waals surface area contributed by atoms with E-state index in [1.807, 2.05) is 32.9 Å². The minimum atomic E-state index is -4.59. The zero-order chi connectivity index (χ0) is 36.0. The van der Waals surface area contributed by atoms with Gasteiger partial charge in [-0.15, -0.1) is 11.6 Å². The van der Waals surface area contributed by atoms with E-state index in [-0.39, 0.29) is 29.1 Å². The number of benzene rings is 1. The molecule has 0 radical (unpaired) electrons. The van der Waals surface area contributed by atoms with Gasteiger partial charge in [0.05, 0.1) is 10.3 Å². The number of allylic oxidation sites excluding steroid dienone is 3. The Hall–Kier alpha value is -3.27. The number of hydrogen-bond acceptors (Lipinski definition) is 9. The van der Waals surface area contributed by atoms with Gasteiger partial charge in [-0.3, -0.25) is 4.79 Å². The van der Waals surface area contributed by atoms with Crippen LogP contribution in [0.5, 0.6) is 6.01 Å². The molecule has 5 N–H and O–H groups in total. The van der Waals surface area contributed by atoms with Crippen molar-refractivity contribution in [2.45, 2.75) is 95.8 Å². The number of carbonyl (C=O) groups is 1. The maximum Gasteiger partial charge on any atom is 0.422 e. The maximum absolute atomic E-state index is 13.0. The number of anilines is 3. The van der Waals surface area contributed by atoms with Crippen molar-refractivity contribution in [1.29, 1.82) is 0 Å². The standard InChI is InChI=1S/C33H45ClF3N7O4S/c1-6-23(11-8-21(3)18-34)32(16-17-32)43-28-40-27(41-29(42-28)48-20-33(35,36)37)39-24-12-9-22(10-13-24)25(45)38-19-30(4,5)26(46)44-49(47)31(7-2)14-15-31/h8-13,26,44,46H,6-7,14-20H2,1-5H3,(H,38,45)(H2,39,40,41,42,43). The highest BCUT2D eigenvalue weighted by molar-refractivity contribution is 7.84. The number of aromatic nitrogens is 3. The zero-order valence-corrected chi connectivity index (χ0v) is 29.9. The molecule has 2 saturated carbocycles. The van der Waals surface area contributed by atoms with Crippen molar-refractivity contribution in [1.82, 2.24) is 25.0 Å². The molecule has 4 rings (SSSR count). The van der Waals surface area contributed by atoms with E-state index in [9.17, 15) is 27.3 Å². The van der Waals surface area contributed by atoms with Crippen LogP contribution in [0.2, 0.25) is 0 Å². The van der Waals surface area contributed by atoms with Crippen molar-refractivity contribution in [3.63, 3.8) is 0 Å². The Bertz CT molecular complexity index is 1560. The first kappa shape index (κ1) is 38.5. The van der Waals surface area contributed by atoms with Gasteiger partial charge < -0.3 is 25.8 Å². The fraction of sp³-hybridized carbons (Fsp3) is 0.576. The van der Waals surface area contributed by atoms with Crippen LogP contribution >= 0.6 is 11.6 Å². The van der Waals surface area contributed by atoms with Gasteiger partial charge in [0.25, 0.3) is 5.91 Å². The number of carbonyl (C=O) groups excluding carboxylic acids is 1. The van der Waals surface area contributed by atoms with Crippen LogP contribution in [0.4, 0.5) is 30.8 Å². The van der Waals surface area contributed by atoms with Crippen molar-refractivity contribution < 1.29 is 32.0 Å². The molecule has 2 atom stereocenters. The molecule has 2 aliphatic carbocycles. The van der Waals surface area contributed by atoms with E-state index in [0.29, 0.717) is 17.1 Å². The molecule has 16 heteroatoms. The van der Waals surface area contributed by atoms with E-state index in [1.54, 1.807) is 38.1 Å². The summed E-state index contributed by atoms with van der Waals surface area (Å²) in [6.45, 7) is 7.96. The van der Waals surface area contributed by atoms with Crippen LogP contribution in [0.25, 0.3) is 0 Å². The fourth-order valence-corrected chi connectivity index (χ4v) is 6.58. The minimum Gasteiger partial charge on any atom is -0.454 e. The van der Waals surface area contributed by atoms with Crippen molar-refractivity contribution in [3.8, 4) is 6.01 Å². The maximum atomic E-state index is 13.0. The summed E-state index contributed by atoms with van der Waals surface area (Å²) in [6.07, 6.45) is 2.98. The molecule has 1 aromatic heterocycles. The summed E-state index contributed by atoms with van der Waals surface area (Å²) >= 11 is 5.92. The van der Waals surface area contributed by atoms with Crippen LogP contribution in [-0.2, 0) is 11.0 Å². The quantitative estimate of drug-likeness (QED) is 0.0678. The van der Waals surface area contributed by atoms with Crippen molar-refractivity contribution in [2.75, 3.05) is 29.7 Å². The summed E-state index contributed by atoms with van der Waals surface area (Å²) < 4.78 is 58.9. The number of rotatable bonds is 18. The van der Waals surface area contributed by atoms with Gasteiger partial charge in [-0.25, -0.2) is 8.93 Å². The Balaban J connectivity index is 1.43. The molecule has 2 fully saturated rings. The number of amides is 1. The number of nitrogens with zero attached hydrogens (tertiary/aromatic N) is 3. The van der Waals surface area contributed by atoms with Crippen molar-refractivity contribution >= 4 is 46.1 Å². The smallest absolute Gasteiger partial charge is 0.422 e.